The molecule has 0 saturated heterocycles. The van der Waals surface area contributed by atoms with E-state index >= 15 is 0 Å². The fourth-order valence-corrected chi connectivity index (χ4v) is 3.35. The summed E-state index contributed by atoms with van der Waals surface area (Å²) in [6, 6.07) is 13.5. The Morgan fingerprint density at radius 3 is 2.15 bits per heavy atom. The second-order valence-electron chi connectivity index (χ2n) is 9.37. The van der Waals surface area contributed by atoms with Crippen molar-refractivity contribution in [3.63, 3.8) is 0 Å². The van der Waals surface area contributed by atoms with Crippen LogP contribution in [0, 0.1) is 12.8 Å². The molecule has 2 fully saturated rings. The summed E-state index contributed by atoms with van der Waals surface area (Å²) in [6.45, 7) is 10.4. The molecule has 180 valence electrons. The van der Waals surface area contributed by atoms with E-state index in [4.69, 9.17) is 0 Å². The number of Topliss-reactive ketones (excluding diaryl/α,β-unsaturated/α-hetero) is 1. The molecular formula is C29H42N2O2. The zero-order valence-corrected chi connectivity index (χ0v) is 21.2. The van der Waals surface area contributed by atoms with Gasteiger partial charge in [-0.25, -0.2) is 0 Å². The molecule has 0 spiro atoms. The number of ketones is 1. The van der Waals surface area contributed by atoms with Crippen LogP contribution in [0.25, 0.3) is 0 Å². The maximum Gasteiger partial charge on any atom is 0.135 e. The van der Waals surface area contributed by atoms with Gasteiger partial charge in [-0.3, -0.25) is 14.8 Å². The first-order valence-corrected chi connectivity index (χ1v) is 12.6. The van der Waals surface area contributed by atoms with Crippen molar-refractivity contribution < 1.29 is 9.90 Å². The maximum atomic E-state index is 11.0. The van der Waals surface area contributed by atoms with Crippen LogP contribution in [0.5, 0.6) is 0 Å². The van der Waals surface area contributed by atoms with Crippen molar-refractivity contribution in [3.05, 3.63) is 59.4 Å². The van der Waals surface area contributed by atoms with E-state index in [1.807, 2.05) is 37.3 Å². The Labute approximate surface area is 200 Å². The Kier molecular flexibility index (Phi) is 11.5. The van der Waals surface area contributed by atoms with Crippen molar-refractivity contribution in [2.24, 2.45) is 10.9 Å². The van der Waals surface area contributed by atoms with Crippen molar-refractivity contribution in [2.75, 3.05) is 0 Å². The average molecular weight is 451 g/mol. The van der Waals surface area contributed by atoms with E-state index in [2.05, 4.69) is 42.9 Å². The summed E-state index contributed by atoms with van der Waals surface area (Å²) in [7, 11) is 0. The second kappa shape index (κ2) is 14.0. The molecule has 0 radical (unpaired) electrons. The number of aliphatic imine (C=N–C) groups is 1. The van der Waals surface area contributed by atoms with Crippen LogP contribution in [0.3, 0.4) is 0 Å². The Hall–Kier alpha value is -2.33. The molecule has 1 aromatic carbocycles. The van der Waals surface area contributed by atoms with Gasteiger partial charge in [0.1, 0.15) is 5.78 Å². The number of aliphatic hydroxyl groups is 1. The van der Waals surface area contributed by atoms with E-state index in [1.165, 1.54) is 43.5 Å². The predicted molar refractivity (Wildman–Crippen MR) is 138 cm³/mol. The van der Waals surface area contributed by atoms with Crippen molar-refractivity contribution in [1.82, 2.24) is 4.98 Å². The molecule has 2 aromatic rings. The van der Waals surface area contributed by atoms with Crippen LogP contribution in [0.1, 0.15) is 108 Å². The number of aliphatic hydroxyl groups excluding tert-OH is 1. The Morgan fingerprint density at radius 1 is 1.06 bits per heavy atom. The molecule has 4 nitrogen and oxygen atoms in total. The van der Waals surface area contributed by atoms with Gasteiger partial charge in [0.15, 0.2) is 0 Å². The normalized spacial score (nSPS) is 16.5. The first-order valence-electron chi connectivity index (χ1n) is 12.6. The van der Waals surface area contributed by atoms with Gasteiger partial charge in [0.05, 0.1) is 17.5 Å². The second-order valence-corrected chi connectivity index (χ2v) is 9.37. The largest absolute Gasteiger partial charge is 0.388 e. The number of hydrogen-bond donors (Lipinski definition) is 1. The zero-order valence-electron chi connectivity index (χ0n) is 21.2. The third-order valence-electron chi connectivity index (χ3n) is 6.29. The number of rotatable bonds is 7. The van der Waals surface area contributed by atoms with Gasteiger partial charge >= 0.3 is 0 Å². The molecule has 1 atom stereocenters. The van der Waals surface area contributed by atoms with Gasteiger partial charge < -0.3 is 5.11 Å². The van der Waals surface area contributed by atoms with Crippen LogP contribution in [-0.4, -0.2) is 21.6 Å². The molecule has 4 rings (SSSR count). The van der Waals surface area contributed by atoms with Crippen LogP contribution in [0.2, 0.25) is 0 Å². The summed E-state index contributed by atoms with van der Waals surface area (Å²) >= 11 is 0. The highest BCUT2D eigenvalue weighted by Gasteiger charge is 2.25. The highest BCUT2D eigenvalue weighted by Crippen LogP contribution is 2.39. The molecular weight excluding hydrogens is 408 g/mol. The fraction of sp³-hybridized carbons (Fsp3) is 0.552. The van der Waals surface area contributed by atoms with Crippen LogP contribution >= 0.6 is 0 Å². The molecule has 4 heteroatoms. The van der Waals surface area contributed by atoms with Crippen LogP contribution in [-0.2, 0) is 4.79 Å². The number of aromatic nitrogens is 1. The Morgan fingerprint density at radius 2 is 1.70 bits per heavy atom. The highest BCUT2D eigenvalue weighted by molar-refractivity contribution is 5.84. The number of carbonyl (C=O) groups is 1. The van der Waals surface area contributed by atoms with Gasteiger partial charge in [-0.15, -0.1) is 0 Å². The van der Waals surface area contributed by atoms with E-state index in [0.29, 0.717) is 6.42 Å². The lowest BCUT2D eigenvalue weighted by Crippen LogP contribution is -2.04. The molecule has 1 unspecified atom stereocenters. The van der Waals surface area contributed by atoms with Crippen molar-refractivity contribution in [1.29, 1.82) is 0 Å². The summed E-state index contributed by atoms with van der Waals surface area (Å²) in [4.78, 5) is 20.2. The van der Waals surface area contributed by atoms with E-state index < -0.39 is 6.10 Å². The number of benzene rings is 1. The minimum atomic E-state index is -0.645. The molecule has 1 aromatic heterocycles. The lowest BCUT2D eigenvalue weighted by atomic mass is 9.88. The minimum Gasteiger partial charge on any atom is -0.388 e. The number of pyridine rings is 1. The minimum absolute atomic E-state index is 0.0938. The van der Waals surface area contributed by atoms with Gasteiger partial charge in [-0.1, -0.05) is 70.4 Å². The molecule has 33 heavy (non-hydrogen) atoms. The summed E-state index contributed by atoms with van der Waals surface area (Å²) in [6.07, 6.45) is 8.15. The number of carbonyl (C=O) groups excluding carboxylic acids is 1. The summed E-state index contributed by atoms with van der Waals surface area (Å²) in [5.74, 6) is 1.89. The van der Waals surface area contributed by atoms with Crippen LogP contribution in [0.4, 0.5) is 5.69 Å². The van der Waals surface area contributed by atoms with Crippen molar-refractivity contribution in [3.8, 4) is 0 Å². The molecule has 1 heterocycles. The maximum absolute atomic E-state index is 11.0. The topological polar surface area (TPSA) is 62.5 Å². The molecule has 1 N–H and O–H groups in total. The highest BCUT2D eigenvalue weighted by atomic mass is 16.3. The third kappa shape index (κ3) is 10.00. The first-order chi connectivity index (χ1) is 15.8. The SMILES string of the molecule is CC1CCC1.CCC(=O)CC(O)c1ccccc1.CCC(C)=Nc1ccc(C2CC2)nc1C. The standard InChI is InChI=1S/C13H18N2.C11H14O2.C5H10/c1-4-9(2)14-12-7-8-13(11-5-6-11)15-10(12)3;1-2-10(12)8-11(13)9-6-4-3-5-7-9;1-5-3-2-4-5/h7-8,11H,4-6H2,1-3H3;3-7,11,13H,2,8H2,1H3;5H,2-4H2,1H3. The molecule has 0 aliphatic heterocycles. The van der Waals surface area contributed by atoms with Gasteiger partial charge in [0.2, 0.25) is 0 Å². The molecule has 0 amide bonds. The summed E-state index contributed by atoms with van der Waals surface area (Å²) in [5, 5.41) is 9.60. The monoisotopic (exact) mass is 450 g/mol. The summed E-state index contributed by atoms with van der Waals surface area (Å²) in [5.41, 5.74) is 5.31. The lowest BCUT2D eigenvalue weighted by molar-refractivity contribution is -0.120. The molecule has 0 bridgehead atoms. The van der Waals surface area contributed by atoms with Crippen molar-refractivity contribution >= 4 is 17.2 Å². The first kappa shape index (κ1) is 26.9. The van der Waals surface area contributed by atoms with Crippen LogP contribution < -0.4 is 0 Å². The predicted octanol–water partition coefficient (Wildman–Crippen LogP) is 7.67. The van der Waals surface area contributed by atoms with Gasteiger partial charge in [-0.2, -0.15) is 0 Å². The van der Waals surface area contributed by atoms with Gasteiger partial charge in [0, 0.05) is 30.2 Å². The molecule has 2 aliphatic carbocycles. The average Bonchev–Trinajstić information content (AvgIpc) is 3.65. The fourth-order valence-electron chi connectivity index (χ4n) is 3.35. The van der Waals surface area contributed by atoms with Crippen LogP contribution in [0.15, 0.2) is 47.5 Å². The third-order valence-corrected chi connectivity index (χ3v) is 6.29. The molecule has 2 saturated carbocycles. The number of hydrogen-bond acceptors (Lipinski definition) is 4. The number of aryl methyl sites for hydroxylation is 1. The van der Waals surface area contributed by atoms with E-state index in [-0.39, 0.29) is 12.2 Å². The quantitative estimate of drug-likeness (QED) is 0.440. The molecule has 2 aliphatic rings. The lowest BCUT2D eigenvalue weighted by Gasteiger charge is -2.18. The van der Waals surface area contributed by atoms with E-state index in [0.717, 1.165) is 35.2 Å². The Bertz CT molecular complexity index is 884. The van der Waals surface area contributed by atoms with E-state index in [1.54, 1.807) is 6.92 Å². The van der Waals surface area contributed by atoms with Gasteiger partial charge in [0.25, 0.3) is 0 Å². The van der Waals surface area contributed by atoms with E-state index in [9.17, 15) is 9.90 Å². The Balaban J connectivity index is 0.000000195. The zero-order chi connectivity index (χ0) is 24.2. The smallest absolute Gasteiger partial charge is 0.135 e. The summed E-state index contributed by atoms with van der Waals surface area (Å²) < 4.78 is 0. The van der Waals surface area contributed by atoms with Crippen molar-refractivity contribution in [2.45, 2.75) is 98.0 Å². The number of nitrogens with zero attached hydrogens (tertiary/aromatic N) is 2. The van der Waals surface area contributed by atoms with Gasteiger partial charge in [-0.05, 0) is 56.7 Å².